The maximum Gasteiger partial charge on any atom is 0.247 e. The van der Waals surface area contributed by atoms with Gasteiger partial charge in [-0.3, -0.25) is 4.90 Å². The molecule has 2 aromatic carbocycles. The van der Waals surface area contributed by atoms with Gasteiger partial charge in [0.25, 0.3) is 0 Å². The quantitative estimate of drug-likeness (QED) is 0.596. The number of aryl methyl sites for hydroxylation is 1. The summed E-state index contributed by atoms with van der Waals surface area (Å²) in [5.74, 6) is 1.65. The summed E-state index contributed by atoms with van der Waals surface area (Å²) >= 11 is 0. The third-order valence-electron chi connectivity index (χ3n) is 5.12. The molecule has 1 aliphatic heterocycles. The van der Waals surface area contributed by atoms with Crippen molar-refractivity contribution < 1.29 is 17.6 Å². The maximum atomic E-state index is 12.9. The highest BCUT2D eigenvalue weighted by molar-refractivity contribution is 7.89. The van der Waals surface area contributed by atoms with Gasteiger partial charge in [-0.15, -0.1) is 10.2 Å². The molecule has 0 radical (unpaired) electrons. The lowest BCUT2D eigenvalue weighted by atomic mass is 10.1. The fourth-order valence-electron chi connectivity index (χ4n) is 3.43. The van der Waals surface area contributed by atoms with Gasteiger partial charge in [-0.2, -0.15) is 4.31 Å². The van der Waals surface area contributed by atoms with Crippen LogP contribution in [0.3, 0.4) is 0 Å². The van der Waals surface area contributed by atoms with Crippen LogP contribution in [0.25, 0.3) is 11.5 Å². The molecular weight excluding hydrogens is 404 g/mol. The molecule has 1 fully saturated rings. The molecule has 1 saturated heterocycles. The number of nitrogens with zero attached hydrogens (tertiary/aromatic N) is 4. The van der Waals surface area contributed by atoms with Crippen LogP contribution in [-0.4, -0.2) is 61.1 Å². The van der Waals surface area contributed by atoms with Crippen molar-refractivity contribution in [1.82, 2.24) is 19.4 Å². The summed E-state index contributed by atoms with van der Waals surface area (Å²) in [5, 5.41) is 8.29. The maximum absolute atomic E-state index is 12.9. The molecule has 0 spiro atoms. The number of piperazine rings is 1. The highest BCUT2D eigenvalue weighted by atomic mass is 32.2. The molecule has 1 aromatic heterocycles. The largest absolute Gasteiger partial charge is 0.497 e. The second kappa shape index (κ2) is 8.55. The average molecular weight is 429 g/mol. The Labute approximate surface area is 176 Å². The molecule has 0 amide bonds. The number of sulfonamides is 1. The van der Waals surface area contributed by atoms with Gasteiger partial charge >= 0.3 is 0 Å². The van der Waals surface area contributed by atoms with Gasteiger partial charge in [0.15, 0.2) is 0 Å². The molecule has 0 N–H and O–H groups in total. The van der Waals surface area contributed by atoms with E-state index in [4.69, 9.17) is 9.15 Å². The van der Waals surface area contributed by atoms with E-state index in [1.165, 1.54) is 4.31 Å². The summed E-state index contributed by atoms with van der Waals surface area (Å²) in [6.45, 7) is 4.52. The molecule has 2 heterocycles. The normalized spacial score (nSPS) is 15.9. The lowest BCUT2D eigenvalue weighted by Gasteiger charge is -2.33. The molecular formula is C21H24N4O4S. The summed E-state index contributed by atoms with van der Waals surface area (Å²) in [6.07, 6.45) is 0. The molecule has 30 heavy (non-hydrogen) atoms. The van der Waals surface area contributed by atoms with E-state index in [0.717, 1.165) is 11.1 Å². The Bertz CT molecular complexity index is 1100. The fourth-order valence-corrected chi connectivity index (χ4v) is 4.85. The lowest BCUT2D eigenvalue weighted by Crippen LogP contribution is -2.48. The first-order valence-corrected chi connectivity index (χ1v) is 11.2. The minimum atomic E-state index is -3.52. The SMILES string of the molecule is COc1ccc(S(=O)(=O)N2CCN(Cc3nnc(-c4cccc(C)c4)o3)CC2)cc1. The van der Waals surface area contributed by atoms with E-state index in [1.807, 2.05) is 31.2 Å². The predicted molar refractivity (Wildman–Crippen MR) is 112 cm³/mol. The summed E-state index contributed by atoms with van der Waals surface area (Å²) < 4.78 is 38.1. The first-order chi connectivity index (χ1) is 14.5. The Morgan fingerprint density at radius 3 is 2.43 bits per heavy atom. The van der Waals surface area contributed by atoms with Crippen LogP contribution in [0.4, 0.5) is 0 Å². The smallest absolute Gasteiger partial charge is 0.247 e. The molecule has 8 nitrogen and oxygen atoms in total. The molecule has 0 saturated carbocycles. The van der Waals surface area contributed by atoms with Gasteiger partial charge in [0.2, 0.25) is 21.8 Å². The van der Waals surface area contributed by atoms with Crippen LogP contribution >= 0.6 is 0 Å². The van der Waals surface area contributed by atoms with E-state index >= 15 is 0 Å². The van der Waals surface area contributed by atoms with Crippen LogP contribution in [0.2, 0.25) is 0 Å². The first kappa shape index (κ1) is 20.5. The summed E-state index contributed by atoms with van der Waals surface area (Å²) in [4.78, 5) is 2.39. The molecule has 4 rings (SSSR count). The van der Waals surface area contributed by atoms with Crippen molar-refractivity contribution in [3.05, 3.63) is 60.0 Å². The lowest BCUT2D eigenvalue weighted by molar-refractivity contribution is 0.168. The van der Waals surface area contributed by atoms with Gasteiger partial charge < -0.3 is 9.15 Å². The van der Waals surface area contributed by atoms with Crippen LogP contribution < -0.4 is 4.74 Å². The van der Waals surface area contributed by atoms with Crippen LogP contribution in [0, 0.1) is 6.92 Å². The van der Waals surface area contributed by atoms with Crippen LogP contribution in [0.5, 0.6) is 5.75 Å². The zero-order valence-electron chi connectivity index (χ0n) is 17.0. The van der Waals surface area contributed by atoms with Crippen molar-refractivity contribution >= 4 is 10.0 Å². The van der Waals surface area contributed by atoms with Crippen LogP contribution in [0.15, 0.2) is 57.8 Å². The number of ether oxygens (including phenoxy) is 1. The average Bonchev–Trinajstić information content (AvgIpc) is 3.23. The van der Waals surface area contributed by atoms with Gasteiger partial charge in [-0.05, 0) is 43.3 Å². The fraction of sp³-hybridized carbons (Fsp3) is 0.333. The molecule has 0 bridgehead atoms. The Kier molecular flexibility index (Phi) is 5.85. The van der Waals surface area contributed by atoms with E-state index < -0.39 is 10.0 Å². The third kappa shape index (κ3) is 4.38. The summed E-state index contributed by atoms with van der Waals surface area (Å²) in [7, 11) is -1.97. The Morgan fingerprint density at radius 2 is 1.77 bits per heavy atom. The van der Waals surface area contributed by atoms with E-state index in [9.17, 15) is 8.42 Å². The highest BCUT2D eigenvalue weighted by Gasteiger charge is 2.29. The monoisotopic (exact) mass is 428 g/mol. The molecule has 0 aliphatic carbocycles. The highest BCUT2D eigenvalue weighted by Crippen LogP contribution is 2.22. The molecule has 3 aromatic rings. The second-order valence-corrected chi connectivity index (χ2v) is 9.16. The van der Waals surface area contributed by atoms with Gasteiger partial charge in [-0.25, -0.2) is 8.42 Å². The molecule has 1 aliphatic rings. The minimum Gasteiger partial charge on any atom is -0.497 e. The molecule has 9 heteroatoms. The van der Waals surface area contributed by atoms with Crippen molar-refractivity contribution in [1.29, 1.82) is 0 Å². The van der Waals surface area contributed by atoms with Gasteiger partial charge in [-0.1, -0.05) is 17.7 Å². The molecule has 0 atom stereocenters. The third-order valence-corrected chi connectivity index (χ3v) is 7.03. The second-order valence-electron chi connectivity index (χ2n) is 7.23. The van der Waals surface area contributed by atoms with Crippen molar-refractivity contribution in [3.8, 4) is 17.2 Å². The summed E-state index contributed by atoms with van der Waals surface area (Å²) in [6, 6.07) is 14.4. The number of methoxy groups -OCH3 is 1. The molecule has 158 valence electrons. The van der Waals surface area contributed by atoms with Gasteiger partial charge in [0, 0.05) is 31.7 Å². The van der Waals surface area contributed by atoms with Crippen molar-refractivity contribution in [2.45, 2.75) is 18.4 Å². The predicted octanol–water partition coefficient (Wildman–Crippen LogP) is 2.56. The number of rotatable bonds is 6. The molecule has 0 unspecified atom stereocenters. The summed E-state index contributed by atoms with van der Waals surface area (Å²) in [5.41, 5.74) is 2.02. The van der Waals surface area contributed by atoms with Crippen LogP contribution in [0.1, 0.15) is 11.5 Å². The topological polar surface area (TPSA) is 88.8 Å². The van der Waals surface area contributed by atoms with Crippen LogP contribution in [-0.2, 0) is 16.6 Å². The van der Waals surface area contributed by atoms with Crippen molar-refractivity contribution in [3.63, 3.8) is 0 Å². The Morgan fingerprint density at radius 1 is 1.03 bits per heavy atom. The zero-order chi connectivity index (χ0) is 21.1. The number of aromatic nitrogens is 2. The number of hydrogen-bond donors (Lipinski definition) is 0. The van der Waals surface area contributed by atoms with Crippen molar-refractivity contribution in [2.24, 2.45) is 0 Å². The van der Waals surface area contributed by atoms with E-state index in [-0.39, 0.29) is 4.90 Å². The van der Waals surface area contributed by atoms with E-state index in [1.54, 1.807) is 31.4 Å². The standard InChI is InChI=1S/C21H24N4O4S/c1-16-4-3-5-17(14-16)21-23-22-20(29-21)15-24-10-12-25(13-11-24)30(26,27)19-8-6-18(28-2)7-9-19/h3-9,14H,10-13,15H2,1-2H3. The zero-order valence-corrected chi connectivity index (χ0v) is 17.8. The van der Waals surface area contributed by atoms with Crippen molar-refractivity contribution in [2.75, 3.05) is 33.3 Å². The number of hydrogen-bond acceptors (Lipinski definition) is 7. The van der Waals surface area contributed by atoms with Gasteiger partial charge in [0.1, 0.15) is 5.75 Å². The Balaban J connectivity index is 1.37. The van der Waals surface area contributed by atoms with E-state index in [0.29, 0.717) is 50.3 Å². The minimum absolute atomic E-state index is 0.274. The van der Waals surface area contributed by atoms with Gasteiger partial charge in [0.05, 0.1) is 18.6 Å². The van der Waals surface area contributed by atoms with E-state index in [2.05, 4.69) is 15.1 Å². The first-order valence-electron chi connectivity index (χ1n) is 9.72. The Hall–Kier alpha value is -2.75. The number of benzene rings is 2.